The number of pyridine rings is 1. The second-order valence-corrected chi connectivity index (χ2v) is 6.58. The fourth-order valence-corrected chi connectivity index (χ4v) is 3.34. The molecule has 0 aliphatic heterocycles. The van der Waals surface area contributed by atoms with Crippen molar-refractivity contribution < 1.29 is 9.90 Å². The van der Waals surface area contributed by atoms with Crippen LogP contribution >= 0.6 is 11.6 Å². The van der Waals surface area contributed by atoms with Gasteiger partial charge in [0.15, 0.2) is 0 Å². The number of carboxylic acid groups (broad SMARTS) is 1. The van der Waals surface area contributed by atoms with Crippen molar-refractivity contribution >= 4 is 34.7 Å². The number of benzene rings is 1. The first-order chi connectivity index (χ1) is 12.4. The van der Waals surface area contributed by atoms with Gasteiger partial charge in [0, 0.05) is 29.9 Å². The average Bonchev–Trinajstić information content (AvgIpc) is 2.90. The molecule has 0 unspecified atom stereocenters. The van der Waals surface area contributed by atoms with E-state index in [0.29, 0.717) is 28.2 Å². The number of nitriles is 1. The molecule has 5 nitrogen and oxygen atoms in total. The number of hydrogen-bond acceptors (Lipinski definition) is 3. The molecule has 6 heteroatoms. The number of aromatic nitrogens is 2. The molecule has 2 aromatic heterocycles. The number of rotatable bonds is 4. The summed E-state index contributed by atoms with van der Waals surface area (Å²) in [6, 6.07) is 9.64. The molecular formula is C20H16ClN3O2. The van der Waals surface area contributed by atoms with Crippen molar-refractivity contribution in [3.63, 3.8) is 0 Å². The van der Waals surface area contributed by atoms with Gasteiger partial charge in [-0.3, -0.25) is 0 Å². The standard InChI is InChI=1S/C20H16ClN3O2/c1-12-5-13(2)7-14(6-12)10-24-11-16(8-15(9-22)20(25)26)18-17(21)3-4-23-19(18)24/h3-8,11H,10H2,1-2H3,(H,25,26)/b15-8+. The molecule has 0 saturated heterocycles. The smallest absolute Gasteiger partial charge is 0.346 e. The number of aryl methyl sites for hydroxylation is 2. The molecule has 26 heavy (non-hydrogen) atoms. The number of hydrogen-bond donors (Lipinski definition) is 1. The molecule has 0 aliphatic rings. The highest BCUT2D eigenvalue weighted by atomic mass is 35.5. The highest BCUT2D eigenvalue weighted by Gasteiger charge is 2.15. The van der Waals surface area contributed by atoms with Crippen LogP contribution in [0.1, 0.15) is 22.3 Å². The lowest BCUT2D eigenvalue weighted by Crippen LogP contribution is -2.00. The zero-order chi connectivity index (χ0) is 18.8. The van der Waals surface area contributed by atoms with Crippen LogP contribution in [-0.2, 0) is 11.3 Å². The van der Waals surface area contributed by atoms with E-state index in [1.807, 2.05) is 18.4 Å². The fraction of sp³-hybridized carbons (Fsp3) is 0.150. The number of carbonyl (C=O) groups is 1. The Kier molecular flexibility index (Phi) is 4.79. The Balaban J connectivity index is 2.17. The number of fused-ring (bicyclic) bond motifs is 1. The van der Waals surface area contributed by atoms with Crippen LogP contribution in [0, 0.1) is 25.2 Å². The minimum Gasteiger partial charge on any atom is -0.477 e. The van der Waals surface area contributed by atoms with E-state index in [4.69, 9.17) is 22.0 Å². The van der Waals surface area contributed by atoms with Crippen LogP contribution in [0.2, 0.25) is 5.02 Å². The monoisotopic (exact) mass is 365 g/mol. The number of halogens is 1. The van der Waals surface area contributed by atoms with Crippen LogP contribution in [0.3, 0.4) is 0 Å². The van der Waals surface area contributed by atoms with Gasteiger partial charge in [0.2, 0.25) is 0 Å². The molecule has 0 aliphatic carbocycles. The van der Waals surface area contributed by atoms with E-state index in [1.54, 1.807) is 24.5 Å². The predicted molar refractivity (Wildman–Crippen MR) is 101 cm³/mol. The van der Waals surface area contributed by atoms with Crippen molar-refractivity contribution in [3.8, 4) is 6.07 Å². The molecule has 0 amide bonds. The summed E-state index contributed by atoms with van der Waals surface area (Å²) in [5.74, 6) is -1.28. The summed E-state index contributed by atoms with van der Waals surface area (Å²) in [6.07, 6.45) is 4.72. The fourth-order valence-electron chi connectivity index (χ4n) is 3.09. The summed E-state index contributed by atoms with van der Waals surface area (Å²) in [6.45, 7) is 4.65. The molecule has 0 atom stereocenters. The van der Waals surface area contributed by atoms with Crippen molar-refractivity contribution in [1.29, 1.82) is 5.26 Å². The van der Waals surface area contributed by atoms with Crippen LogP contribution in [0.5, 0.6) is 0 Å². The lowest BCUT2D eigenvalue weighted by Gasteiger charge is -2.07. The topological polar surface area (TPSA) is 78.9 Å². The first kappa shape index (κ1) is 17.7. The number of nitrogens with zero attached hydrogens (tertiary/aromatic N) is 3. The number of carboxylic acids is 1. The van der Waals surface area contributed by atoms with E-state index in [0.717, 1.165) is 5.56 Å². The summed E-state index contributed by atoms with van der Waals surface area (Å²) in [5, 5.41) is 19.3. The Morgan fingerprint density at radius 2 is 2.04 bits per heavy atom. The summed E-state index contributed by atoms with van der Waals surface area (Å²) >= 11 is 6.32. The van der Waals surface area contributed by atoms with Crippen LogP contribution in [0.4, 0.5) is 0 Å². The van der Waals surface area contributed by atoms with Gasteiger partial charge < -0.3 is 9.67 Å². The lowest BCUT2D eigenvalue weighted by molar-refractivity contribution is -0.132. The third-order valence-electron chi connectivity index (χ3n) is 4.02. The van der Waals surface area contributed by atoms with Gasteiger partial charge >= 0.3 is 5.97 Å². The van der Waals surface area contributed by atoms with Crippen LogP contribution in [0.25, 0.3) is 17.1 Å². The van der Waals surface area contributed by atoms with E-state index in [9.17, 15) is 4.79 Å². The molecule has 0 radical (unpaired) electrons. The summed E-state index contributed by atoms with van der Waals surface area (Å²) in [4.78, 5) is 15.6. The van der Waals surface area contributed by atoms with Gasteiger partial charge in [-0.15, -0.1) is 0 Å². The molecule has 130 valence electrons. The van der Waals surface area contributed by atoms with Crippen molar-refractivity contribution in [1.82, 2.24) is 9.55 Å². The molecule has 0 bridgehead atoms. The maximum Gasteiger partial charge on any atom is 0.346 e. The molecular weight excluding hydrogens is 350 g/mol. The van der Waals surface area contributed by atoms with Gasteiger partial charge in [-0.05, 0) is 31.6 Å². The second kappa shape index (κ2) is 7.03. The third kappa shape index (κ3) is 3.46. The average molecular weight is 366 g/mol. The SMILES string of the molecule is Cc1cc(C)cc(Cn2cc(/C=C(\C#N)C(=O)O)c3c(Cl)ccnc32)c1. The molecule has 0 saturated carbocycles. The van der Waals surface area contributed by atoms with Crippen LogP contribution in [0.15, 0.2) is 42.2 Å². The zero-order valence-corrected chi connectivity index (χ0v) is 15.1. The first-order valence-corrected chi connectivity index (χ1v) is 8.32. The van der Waals surface area contributed by atoms with Crippen molar-refractivity contribution in [2.45, 2.75) is 20.4 Å². The van der Waals surface area contributed by atoms with Crippen molar-refractivity contribution in [2.24, 2.45) is 0 Å². The Morgan fingerprint density at radius 3 is 2.65 bits per heavy atom. The summed E-state index contributed by atoms with van der Waals surface area (Å²) in [7, 11) is 0. The molecule has 3 aromatic rings. The molecule has 1 aromatic carbocycles. The quantitative estimate of drug-likeness (QED) is 0.550. The Labute approximate surface area is 155 Å². The van der Waals surface area contributed by atoms with Crippen LogP contribution in [-0.4, -0.2) is 20.6 Å². The third-order valence-corrected chi connectivity index (χ3v) is 4.34. The van der Waals surface area contributed by atoms with Gasteiger partial charge in [-0.2, -0.15) is 5.26 Å². The van der Waals surface area contributed by atoms with Gasteiger partial charge in [0.05, 0.1) is 5.02 Å². The van der Waals surface area contributed by atoms with Gasteiger partial charge in [-0.25, -0.2) is 9.78 Å². The Bertz CT molecular complexity index is 1070. The zero-order valence-electron chi connectivity index (χ0n) is 14.3. The van der Waals surface area contributed by atoms with E-state index in [2.05, 4.69) is 23.2 Å². The minimum atomic E-state index is -1.28. The van der Waals surface area contributed by atoms with Crippen molar-refractivity contribution in [2.75, 3.05) is 0 Å². The van der Waals surface area contributed by atoms with Crippen LogP contribution < -0.4 is 0 Å². The maximum absolute atomic E-state index is 11.2. The Hall–Kier alpha value is -3.10. The van der Waals surface area contributed by atoms with Gasteiger partial charge in [0.25, 0.3) is 0 Å². The second-order valence-electron chi connectivity index (χ2n) is 6.17. The van der Waals surface area contributed by atoms with Gasteiger partial charge in [-0.1, -0.05) is 40.9 Å². The lowest BCUT2D eigenvalue weighted by atomic mass is 10.1. The van der Waals surface area contributed by atoms with Gasteiger partial charge in [0.1, 0.15) is 17.3 Å². The maximum atomic E-state index is 11.2. The van der Waals surface area contributed by atoms with E-state index in [-0.39, 0.29) is 5.57 Å². The summed E-state index contributed by atoms with van der Waals surface area (Å²) < 4.78 is 1.91. The molecule has 0 fully saturated rings. The van der Waals surface area contributed by atoms with E-state index < -0.39 is 5.97 Å². The molecule has 2 heterocycles. The highest BCUT2D eigenvalue weighted by molar-refractivity contribution is 6.35. The first-order valence-electron chi connectivity index (χ1n) is 7.94. The van der Waals surface area contributed by atoms with E-state index in [1.165, 1.54) is 17.2 Å². The minimum absolute atomic E-state index is 0.352. The predicted octanol–water partition coefficient (Wildman–Crippen LogP) is 4.35. The molecule has 3 rings (SSSR count). The molecule has 0 spiro atoms. The van der Waals surface area contributed by atoms with E-state index >= 15 is 0 Å². The number of aliphatic carboxylic acids is 1. The summed E-state index contributed by atoms with van der Waals surface area (Å²) in [5.41, 5.74) is 4.29. The molecule has 1 N–H and O–H groups in total. The van der Waals surface area contributed by atoms with Crippen molar-refractivity contribution in [3.05, 3.63) is 69.5 Å². The Morgan fingerprint density at radius 1 is 1.35 bits per heavy atom. The normalized spacial score (nSPS) is 11.5. The highest BCUT2D eigenvalue weighted by Crippen LogP contribution is 2.29. The largest absolute Gasteiger partial charge is 0.477 e.